The highest BCUT2D eigenvalue weighted by Crippen LogP contribution is 2.45. The summed E-state index contributed by atoms with van der Waals surface area (Å²) in [6.45, 7) is 2.19. The molecular weight excluding hydrogens is 544 g/mol. The maximum Gasteiger partial charge on any atom is 0.0538 e. The minimum absolute atomic E-state index is 1.10. The van der Waals surface area contributed by atoms with E-state index in [2.05, 4.69) is 163 Å². The average molecular weight is 577 g/mol. The Hall–Kier alpha value is -5.86. The number of nitrogens with two attached hydrogens (primary N) is 1. The van der Waals surface area contributed by atoms with Crippen LogP contribution in [0.3, 0.4) is 0 Å². The van der Waals surface area contributed by atoms with Gasteiger partial charge < -0.3 is 10.3 Å². The first-order valence-corrected chi connectivity index (χ1v) is 15.4. The Bertz CT molecular complexity index is 2360. The molecule has 0 radical (unpaired) electrons. The van der Waals surface area contributed by atoms with E-state index in [0.717, 1.165) is 11.4 Å². The van der Waals surface area contributed by atoms with Crippen LogP contribution in [0.4, 0.5) is 0 Å². The minimum Gasteiger partial charge on any atom is -0.405 e. The Morgan fingerprint density at radius 2 is 0.956 bits per heavy atom. The summed E-state index contributed by atoms with van der Waals surface area (Å²) < 4.78 is 2.30. The van der Waals surface area contributed by atoms with E-state index in [1.165, 1.54) is 71.4 Å². The lowest BCUT2D eigenvalue weighted by molar-refractivity contribution is 1.10. The van der Waals surface area contributed by atoms with Gasteiger partial charge in [0.25, 0.3) is 0 Å². The zero-order valence-corrected chi connectivity index (χ0v) is 25.1. The lowest BCUT2D eigenvalue weighted by atomic mass is 9.85. The number of aryl methyl sites for hydroxylation is 1. The molecule has 7 aromatic carbocycles. The SMILES string of the molecule is Cc1c(/C=C\N)n(-c2ccccc2)c2ccc(-c3ccc4c(-c5ccccc5)c5ccccc5c(-c5ccccc5)c4c3)cc12. The van der Waals surface area contributed by atoms with Crippen molar-refractivity contribution >= 4 is 38.5 Å². The van der Waals surface area contributed by atoms with Crippen molar-refractivity contribution in [3.05, 3.63) is 169 Å². The maximum atomic E-state index is 5.93. The molecule has 0 saturated heterocycles. The van der Waals surface area contributed by atoms with E-state index in [9.17, 15) is 0 Å². The summed E-state index contributed by atoms with van der Waals surface area (Å²) in [4.78, 5) is 0. The van der Waals surface area contributed by atoms with E-state index >= 15 is 0 Å². The van der Waals surface area contributed by atoms with Crippen LogP contribution in [0.5, 0.6) is 0 Å². The van der Waals surface area contributed by atoms with E-state index in [0.29, 0.717) is 0 Å². The number of para-hydroxylation sites is 1. The van der Waals surface area contributed by atoms with Crippen LogP contribution in [-0.2, 0) is 0 Å². The monoisotopic (exact) mass is 576 g/mol. The van der Waals surface area contributed by atoms with Crippen LogP contribution in [0.2, 0.25) is 0 Å². The first-order chi connectivity index (χ1) is 22.2. The van der Waals surface area contributed by atoms with Gasteiger partial charge in [0.05, 0.1) is 11.2 Å². The molecule has 2 heteroatoms. The molecule has 214 valence electrons. The number of fused-ring (bicyclic) bond motifs is 3. The van der Waals surface area contributed by atoms with Crippen LogP contribution in [0.25, 0.3) is 77.6 Å². The van der Waals surface area contributed by atoms with Crippen molar-refractivity contribution in [2.24, 2.45) is 5.73 Å². The van der Waals surface area contributed by atoms with Gasteiger partial charge in [-0.15, -0.1) is 0 Å². The van der Waals surface area contributed by atoms with Crippen LogP contribution < -0.4 is 5.73 Å². The van der Waals surface area contributed by atoms with Gasteiger partial charge in [0.2, 0.25) is 0 Å². The van der Waals surface area contributed by atoms with E-state index in [-0.39, 0.29) is 0 Å². The van der Waals surface area contributed by atoms with Crippen LogP contribution in [0.1, 0.15) is 11.3 Å². The van der Waals surface area contributed by atoms with Crippen molar-refractivity contribution in [3.8, 4) is 39.1 Å². The Balaban J connectivity index is 1.41. The molecule has 0 saturated carbocycles. The van der Waals surface area contributed by atoms with Crippen LogP contribution in [0, 0.1) is 6.92 Å². The summed E-state index contributed by atoms with van der Waals surface area (Å²) in [6, 6.07) is 54.7. The quantitative estimate of drug-likeness (QED) is 0.203. The van der Waals surface area contributed by atoms with Gasteiger partial charge in [0, 0.05) is 11.1 Å². The third-order valence-electron chi connectivity index (χ3n) is 9.02. The Morgan fingerprint density at radius 3 is 1.56 bits per heavy atom. The van der Waals surface area contributed by atoms with Crippen molar-refractivity contribution < 1.29 is 0 Å². The topological polar surface area (TPSA) is 30.9 Å². The summed E-state index contributed by atoms with van der Waals surface area (Å²) >= 11 is 0. The highest BCUT2D eigenvalue weighted by Gasteiger charge is 2.18. The average Bonchev–Trinajstić information content (AvgIpc) is 3.38. The van der Waals surface area contributed by atoms with Crippen molar-refractivity contribution in [2.75, 3.05) is 0 Å². The van der Waals surface area contributed by atoms with Gasteiger partial charge in [0.15, 0.2) is 0 Å². The molecule has 2 nitrogen and oxygen atoms in total. The predicted molar refractivity (Wildman–Crippen MR) is 193 cm³/mol. The summed E-state index contributed by atoms with van der Waals surface area (Å²) in [5.74, 6) is 0. The van der Waals surface area contributed by atoms with Gasteiger partial charge in [-0.1, -0.05) is 121 Å². The van der Waals surface area contributed by atoms with Crippen molar-refractivity contribution in [2.45, 2.75) is 6.92 Å². The summed E-state index contributed by atoms with van der Waals surface area (Å²) in [7, 11) is 0. The molecule has 0 unspecified atom stereocenters. The van der Waals surface area contributed by atoms with Crippen molar-refractivity contribution in [1.82, 2.24) is 4.57 Å². The van der Waals surface area contributed by atoms with Crippen molar-refractivity contribution in [3.63, 3.8) is 0 Å². The van der Waals surface area contributed by atoms with Crippen LogP contribution in [-0.4, -0.2) is 4.57 Å². The van der Waals surface area contributed by atoms with E-state index in [1.807, 2.05) is 6.08 Å². The first kappa shape index (κ1) is 26.7. The minimum atomic E-state index is 1.10. The van der Waals surface area contributed by atoms with Gasteiger partial charge in [-0.3, -0.25) is 0 Å². The fraction of sp³-hybridized carbons (Fsp3) is 0.0233. The molecule has 0 atom stereocenters. The summed E-state index contributed by atoms with van der Waals surface area (Å²) in [5, 5.41) is 6.25. The van der Waals surface area contributed by atoms with Crippen LogP contribution in [0.15, 0.2) is 158 Å². The summed E-state index contributed by atoms with van der Waals surface area (Å²) in [5.41, 5.74) is 17.9. The van der Waals surface area contributed by atoms with Crippen LogP contribution >= 0.6 is 0 Å². The number of rotatable bonds is 5. The lowest BCUT2D eigenvalue weighted by Crippen LogP contribution is -1.97. The molecule has 0 bridgehead atoms. The predicted octanol–water partition coefficient (Wildman–Crippen LogP) is 11.2. The highest BCUT2D eigenvalue weighted by molar-refractivity contribution is 6.22. The van der Waals surface area contributed by atoms with Gasteiger partial charge in [-0.2, -0.15) is 0 Å². The number of benzene rings is 7. The van der Waals surface area contributed by atoms with Crippen molar-refractivity contribution in [1.29, 1.82) is 0 Å². The third-order valence-corrected chi connectivity index (χ3v) is 9.02. The first-order valence-electron chi connectivity index (χ1n) is 15.4. The molecule has 0 fully saturated rings. The Labute approximate surface area is 263 Å². The lowest BCUT2D eigenvalue weighted by Gasteiger charge is -2.18. The molecule has 0 amide bonds. The van der Waals surface area contributed by atoms with E-state index in [1.54, 1.807) is 6.20 Å². The number of hydrogen-bond acceptors (Lipinski definition) is 1. The Morgan fingerprint density at radius 1 is 0.467 bits per heavy atom. The van der Waals surface area contributed by atoms with E-state index < -0.39 is 0 Å². The fourth-order valence-corrected chi connectivity index (χ4v) is 6.98. The van der Waals surface area contributed by atoms with E-state index in [4.69, 9.17) is 5.73 Å². The molecule has 1 aromatic heterocycles. The second-order valence-corrected chi connectivity index (χ2v) is 11.6. The highest BCUT2D eigenvalue weighted by atomic mass is 15.0. The molecule has 0 aliphatic heterocycles. The molecule has 8 rings (SSSR count). The molecule has 2 N–H and O–H groups in total. The Kier molecular flexibility index (Phi) is 6.54. The molecule has 0 aliphatic rings. The van der Waals surface area contributed by atoms with Gasteiger partial charge in [-0.25, -0.2) is 0 Å². The largest absolute Gasteiger partial charge is 0.405 e. The summed E-state index contributed by atoms with van der Waals surface area (Å²) in [6.07, 6.45) is 3.63. The number of hydrogen-bond donors (Lipinski definition) is 1. The standard InChI is InChI=1S/C43H32N2/c1-29-38-27-33(22-24-41(38)45(40(29)25-26-44)34-17-9-4-10-18-34)32-21-23-37-39(28-32)43(31-15-7-3-8-16-31)36-20-12-11-19-35(36)42(37)30-13-5-2-6-14-30/h2-28H,44H2,1H3/b26-25-. The molecule has 0 aliphatic carbocycles. The smallest absolute Gasteiger partial charge is 0.0538 e. The molecule has 8 aromatic rings. The second-order valence-electron chi connectivity index (χ2n) is 11.6. The van der Waals surface area contributed by atoms with Gasteiger partial charge in [-0.05, 0) is 110 Å². The zero-order valence-electron chi connectivity index (χ0n) is 25.1. The molecule has 1 heterocycles. The maximum absolute atomic E-state index is 5.93. The number of aromatic nitrogens is 1. The molecule has 45 heavy (non-hydrogen) atoms. The molecule has 0 spiro atoms. The third kappa shape index (κ3) is 4.42. The number of nitrogens with zero attached hydrogens (tertiary/aromatic N) is 1. The zero-order chi connectivity index (χ0) is 30.3. The van der Waals surface area contributed by atoms with Gasteiger partial charge in [0.1, 0.15) is 0 Å². The molecular formula is C43H32N2. The van der Waals surface area contributed by atoms with Gasteiger partial charge >= 0.3 is 0 Å². The fourth-order valence-electron chi connectivity index (χ4n) is 6.98. The second kappa shape index (κ2) is 11.0. The normalized spacial score (nSPS) is 11.7.